The van der Waals surface area contributed by atoms with E-state index in [0.717, 1.165) is 41.4 Å². The van der Waals surface area contributed by atoms with Crippen molar-refractivity contribution in [3.63, 3.8) is 0 Å². The third kappa shape index (κ3) is 3.71. The monoisotopic (exact) mass is 332 g/mol. The number of nitriles is 1. The fourth-order valence-electron chi connectivity index (χ4n) is 2.29. The summed E-state index contributed by atoms with van der Waals surface area (Å²) >= 11 is 3.37. The summed E-state index contributed by atoms with van der Waals surface area (Å²) in [6.07, 6.45) is 11.4. The van der Waals surface area contributed by atoms with E-state index >= 15 is 0 Å². The Labute approximate surface area is 127 Å². The molecule has 0 bridgehead atoms. The number of hydrogen-bond acceptors (Lipinski definition) is 3. The number of nitrogens with zero attached hydrogens (tertiary/aromatic N) is 1. The number of hydrogen-bond donors (Lipinski definition) is 1. The van der Waals surface area contributed by atoms with E-state index in [-0.39, 0.29) is 5.78 Å². The number of carbonyl (C=O) groups is 1. The van der Waals surface area contributed by atoms with E-state index in [9.17, 15) is 4.79 Å². The van der Waals surface area contributed by atoms with Crippen LogP contribution in [0.15, 0.2) is 46.8 Å². The minimum absolute atomic E-state index is 0.203. The molecule has 0 spiro atoms. The predicted molar refractivity (Wildman–Crippen MR) is 83.0 cm³/mol. The fraction of sp³-hybridized carbons (Fsp3) is 0.375. The van der Waals surface area contributed by atoms with Crippen LogP contribution in [0.5, 0.6) is 0 Å². The van der Waals surface area contributed by atoms with E-state index in [1.165, 1.54) is 0 Å². The molecule has 0 saturated carbocycles. The second kappa shape index (κ2) is 7.25. The summed E-state index contributed by atoms with van der Waals surface area (Å²) in [5.74, 6) is 0.203. The summed E-state index contributed by atoms with van der Waals surface area (Å²) in [7, 11) is 0. The highest BCUT2D eigenvalue weighted by Gasteiger charge is 2.18. The molecule has 0 unspecified atom stereocenters. The molecule has 3 nitrogen and oxygen atoms in total. The number of dihydropyridines is 1. The van der Waals surface area contributed by atoms with E-state index in [4.69, 9.17) is 5.26 Å². The maximum absolute atomic E-state index is 12.1. The van der Waals surface area contributed by atoms with Crippen LogP contribution in [0.4, 0.5) is 0 Å². The topological polar surface area (TPSA) is 52.9 Å². The Kier molecular flexibility index (Phi) is 5.37. The van der Waals surface area contributed by atoms with Gasteiger partial charge in [0, 0.05) is 42.1 Å². The number of Topliss-reactive ketones (excluding diaryl/α,β-unsaturated/α-hetero) is 1. The van der Waals surface area contributed by atoms with Crippen molar-refractivity contribution in [2.24, 2.45) is 0 Å². The normalized spacial score (nSPS) is 17.4. The molecule has 2 aliphatic rings. The summed E-state index contributed by atoms with van der Waals surface area (Å²) in [6.45, 7) is 0. The Morgan fingerprint density at radius 3 is 3.05 bits per heavy atom. The van der Waals surface area contributed by atoms with Gasteiger partial charge >= 0.3 is 0 Å². The molecule has 0 saturated heterocycles. The lowest BCUT2D eigenvalue weighted by molar-refractivity contribution is -0.115. The number of carbonyl (C=O) groups excluding carboxylic acids is 1. The van der Waals surface area contributed by atoms with Gasteiger partial charge in [0.25, 0.3) is 0 Å². The SMILES string of the molecule is N#CC1=CC2=C(CC=C1)NC=C(C(=O)CCCCBr)C2. The van der Waals surface area contributed by atoms with Crippen molar-refractivity contribution in [1.82, 2.24) is 5.32 Å². The number of ketones is 1. The molecule has 0 atom stereocenters. The van der Waals surface area contributed by atoms with Gasteiger partial charge in [-0.1, -0.05) is 22.0 Å². The first kappa shape index (κ1) is 14.8. The first-order valence-electron chi connectivity index (χ1n) is 6.79. The molecule has 1 aliphatic carbocycles. The molecule has 0 aromatic heterocycles. The van der Waals surface area contributed by atoms with Crippen molar-refractivity contribution < 1.29 is 4.79 Å². The van der Waals surface area contributed by atoms with Crippen molar-refractivity contribution in [3.05, 3.63) is 46.8 Å². The molecule has 1 heterocycles. The van der Waals surface area contributed by atoms with Crippen LogP contribution < -0.4 is 5.32 Å². The summed E-state index contributed by atoms with van der Waals surface area (Å²) in [4.78, 5) is 12.1. The van der Waals surface area contributed by atoms with Gasteiger partial charge in [-0.25, -0.2) is 0 Å². The van der Waals surface area contributed by atoms with Crippen LogP contribution in [0.25, 0.3) is 0 Å². The van der Waals surface area contributed by atoms with Gasteiger partial charge in [0.05, 0.1) is 11.6 Å². The van der Waals surface area contributed by atoms with Gasteiger partial charge < -0.3 is 5.32 Å². The molecular weight excluding hydrogens is 316 g/mol. The average molecular weight is 333 g/mol. The smallest absolute Gasteiger partial charge is 0.160 e. The second-order valence-electron chi connectivity index (χ2n) is 4.88. The lowest BCUT2D eigenvalue weighted by Crippen LogP contribution is -2.17. The van der Waals surface area contributed by atoms with E-state index in [0.29, 0.717) is 18.4 Å². The van der Waals surface area contributed by atoms with Gasteiger partial charge in [-0.2, -0.15) is 5.26 Å². The maximum atomic E-state index is 12.1. The van der Waals surface area contributed by atoms with Crippen LogP contribution in [-0.4, -0.2) is 11.1 Å². The molecular formula is C16H17BrN2O. The minimum atomic E-state index is 0.203. The van der Waals surface area contributed by atoms with Crippen molar-refractivity contribution in [3.8, 4) is 6.07 Å². The molecule has 104 valence electrons. The summed E-state index contributed by atoms with van der Waals surface area (Å²) in [5.41, 5.74) is 3.60. The highest BCUT2D eigenvalue weighted by atomic mass is 79.9. The Morgan fingerprint density at radius 2 is 2.30 bits per heavy atom. The van der Waals surface area contributed by atoms with E-state index in [2.05, 4.69) is 27.3 Å². The molecule has 0 fully saturated rings. The van der Waals surface area contributed by atoms with Crippen molar-refractivity contribution in [2.45, 2.75) is 32.1 Å². The average Bonchev–Trinajstić information content (AvgIpc) is 2.68. The molecule has 0 aromatic carbocycles. The van der Waals surface area contributed by atoms with Crippen LogP contribution >= 0.6 is 15.9 Å². The van der Waals surface area contributed by atoms with E-state index in [1.807, 2.05) is 24.4 Å². The highest BCUT2D eigenvalue weighted by molar-refractivity contribution is 9.09. The second-order valence-corrected chi connectivity index (χ2v) is 5.67. The zero-order chi connectivity index (χ0) is 14.4. The standard InChI is InChI=1S/C16H17BrN2O/c17-7-2-1-6-16(20)14-9-13-8-12(10-18)4-3-5-15(13)19-11-14/h3-4,8,11,19H,1-2,5-7,9H2. The van der Waals surface area contributed by atoms with E-state index in [1.54, 1.807) is 0 Å². The van der Waals surface area contributed by atoms with Crippen LogP contribution in [0.3, 0.4) is 0 Å². The number of unbranched alkanes of at least 4 members (excludes halogenated alkanes) is 1. The molecule has 1 aliphatic heterocycles. The minimum Gasteiger partial charge on any atom is -0.364 e. The molecule has 20 heavy (non-hydrogen) atoms. The van der Waals surface area contributed by atoms with Crippen LogP contribution in [0, 0.1) is 11.3 Å². The Bertz CT molecular complexity index is 562. The summed E-state index contributed by atoms with van der Waals surface area (Å²) in [5, 5.41) is 13.2. The Morgan fingerprint density at radius 1 is 1.45 bits per heavy atom. The number of rotatable bonds is 5. The fourth-order valence-corrected chi connectivity index (χ4v) is 2.68. The number of alkyl halides is 1. The lowest BCUT2D eigenvalue weighted by Gasteiger charge is -2.18. The molecule has 4 heteroatoms. The maximum Gasteiger partial charge on any atom is 0.160 e. The zero-order valence-electron chi connectivity index (χ0n) is 11.3. The number of nitrogens with one attached hydrogen (secondary N) is 1. The molecule has 0 aromatic rings. The first-order chi connectivity index (χ1) is 9.74. The van der Waals surface area contributed by atoms with Gasteiger partial charge in [0.2, 0.25) is 0 Å². The van der Waals surface area contributed by atoms with Gasteiger partial charge in [0.1, 0.15) is 0 Å². The van der Waals surface area contributed by atoms with Crippen LogP contribution in [-0.2, 0) is 4.79 Å². The van der Waals surface area contributed by atoms with Crippen LogP contribution in [0.1, 0.15) is 32.1 Å². The molecule has 0 radical (unpaired) electrons. The summed E-state index contributed by atoms with van der Waals surface area (Å²) in [6, 6.07) is 2.17. The largest absolute Gasteiger partial charge is 0.364 e. The lowest BCUT2D eigenvalue weighted by atomic mass is 9.94. The third-order valence-electron chi connectivity index (χ3n) is 3.41. The highest BCUT2D eigenvalue weighted by Crippen LogP contribution is 2.26. The predicted octanol–water partition coefficient (Wildman–Crippen LogP) is 3.66. The van der Waals surface area contributed by atoms with Crippen molar-refractivity contribution in [2.75, 3.05) is 5.33 Å². The van der Waals surface area contributed by atoms with Gasteiger partial charge in [-0.05, 0) is 30.6 Å². The third-order valence-corrected chi connectivity index (χ3v) is 3.97. The molecule has 2 rings (SSSR count). The Balaban J connectivity index is 2.04. The molecule has 0 amide bonds. The van der Waals surface area contributed by atoms with Crippen molar-refractivity contribution >= 4 is 21.7 Å². The van der Waals surface area contributed by atoms with E-state index < -0.39 is 0 Å². The quantitative estimate of drug-likeness (QED) is 0.617. The first-order valence-corrected chi connectivity index (χ1v) is 7.92. The Hall–Kier alpha value is -1.60. The van der Waals surface area contributed by atoms with Crippen LogP contribution in [0.2, 0.25) is 0 Å². The molecule has 1 N–H and O–H groups in total. The van der Waals surface area contributed by atoms with Gasteiger partial charge in [-0.3, -0.25) is 4.79 Å². The number of halogens is 1. The number of allylic oxidation sites excluding steroid dienone is 6. The zero-order valence-corrected chi connectivity index (χ0v) is 12.9. The summed E-state index contributed by atoms with van der Waals surface area (Å²) < 4.78 is 0. The van der Waals surface area contributed by atoms with Crippen molar-refractivity contribution in [1.29, 1.82) is 5.26 Å². The van der Waals surface area contributed by atoms with Gasteiger partial charge in [0.15, 0.2) is 5.78 Å². The van der Waals surface area contributed by atoms with Gasteiger partial charge in [-0.15, -0.1) is 0 Å².